The van der Waals surface area contributed by atoms with Crippen LogP contribution in [0.4, 0.5) is 5.82 Å². The van der Waals surface area contributed by atoms with Gasteiger partial charge in [0.1, 0.15) is 23.9 Å². The number of nitrogens with one attached hydrogen (secondary N) is 1. The first-order valence-electron chi connectivity index (χ1n) is 9.62. The number of anilines is 1. The number of hydrogen-bond donors (Lipinski definition) is 2. The van der Waals surface area contributed by atoms with Crippen LogP contribution in [0.25, 0.3) is 11.3 Å². The molecule has 1 fully saturated rings. The number of carboxylic acids is 1. The molecule has 2 heterocycles. The number of pyridine rings is 1. The van der Waals surface area contributed by atoms with Crippen molar-refractivity contribution >= 4 is 11.8 Å². The molecule has 148 valence electrons. The van der Waals surface area contributed by atoms with Crippen LogP contribution >= 0.6 is 0 Å². The summed E-state index contributed by atoms with van der Waals surface area (Å²) in [5.41, 5.74) is 2.31. The van der Waals surface area contributed by atoms with Gasteiger partial charge in [-0.05, 0) is 55.2 Å². The Morgan fingerprint density at radius 1 is 1.14 bits per heavy atom. The standard InChI is InChI=1S/C22H22N4O3/c27-22(28)20(11-17-3-1-2-10-23-17)26-21-12-19(24-14-25-21)16-6-8-18(9-7-16)29-13-15-4-5-15/h1-3,6-10,12,14-15,20H,4-5,11,13H2,(H,27,28)(H,24,25,26). The Hall–Kier alpha value is -3.48. The average Bonchev–Trinajstić information content (AvgIpc) is 3.58. The molecule has 4 rings (SSSR count). The number of benzene rings is 1. The molecule has 1 saturated carbocycles. The molecule has 0 aliphatic heterocycles. The quantitative estimate of drug-likeness (QED) is 0.578. The van der Waals surface area contributed by atoms with Crippen LogP contribution in [-0.2, 0) is 11.2 Å². The molecule has 1 aromatic carbocycles. The Morgan fingerprint density at radius 2 is 1.97 bits per heavy atom. The molecule has 0 amide bonds. The second-order valence-corrected chi connectivity index (χ2v) is 7.13. The van der Waals surface area contributed by atoms with Gasteiger partial charge in [-0.2, -0.15) is 0 Å². The molecule has 0 radical (unpaired) electrons. The molecule has 7 heteroatoms. The van der Waals surface area contributed by atoms with Crippen molar-refractivity contribution in [2.75, 3.05) is 11.9 Å². The van der Waals surface area contributed by atoms with E-state index in [0.717, 1.165) is 17.9 Å². The second-order valence-electron chi connectivity index (χ2n) is 7.13. The third kappa shape index (κ3) is 5.28. The molecule has 1 unspecified atom stereocenters. The molecular formula is C22H22N4O3. The van der Waals surface area contributed by atoms with Crippen LogP contribution in [0.1, 0.15) is 18.5 Å². The van der Waals surface area contributed by atoms with Crippen LogP contribution in [0.2, 0.25) is 0 Å². The van der Waals surface area contributed by atoms with Crippen LogP contribution in [0, 0.1) is 5.92 Å². The van der Waals surface area contributed by atoms with Gasteiger partial charge < -0.3 is 15.2 Å². The lowest BCUT2D eigenvalue weighted by atomic mass is 10.1. The molecule has 3 aromatic rings. The highest BCUT2D eigenvalue weighted by Crippen LogP contribution is 2.30. The van der Waals surface area contributed by atoms with Gasteiger partial charge in [0.2, 0.25) is 0 Å². The zero-order valence-electron chi connectivity index (χ0n) is 15.9. The fourth-order valence-corrected chi connectivity index (χ4v) is 2.92. The number of aromatic nitrogens is 3. The van der Waals surface area contributed by atoms with Crippen molar-refractivity contribution in [3.05, 3.63) is 66.7 Å². The lowest BCUT2D eigenvalue weighted by Gasteiger charge is -2.15. The van der Waals surface area contributed by atoms with Crippen molar-refractivity contribution in [1.82, 2.24) is 15.0 Å². The second kappa shape index (κ2) is 8.68. The summed E-state index contributed by atoms with van der Waals surface area (Å²) in [6, 6.07) is 14.1. The minimum atomic E-state index is -0.965. The molecule has 1 atom stereocenters. The van der Waals surface area contributed by atoms with E-state index in [-0.39, 0.29) is 6.42 Å². The van der Waals surface area contributed by atoms with E-state index in [0.29, 0.717) is 23.1 Å². The maximum atomic E-state index is 11.7. The predicted molar refractivity (Wildman–Crippen MR) is 109 cm³/mol. The first-order valence-corrected chi connectivity index (χ1v) is 9.62. The minimum Gasteiger partial charge on any atom is -0.493 e. The van der Waals surface area contributed by atoms with Crippen molar-refractivity contribution < 1.29 is 14.6 Å². The number of aliphatic carboxylic acids is 1. The zero-order chi connectivity index (χ0) is 20.1. The van der Waals surface area contributed by atoms with Crippen LogP contribution in [0.15, 0.2) is 61.1 Å². The van der Waals surface area contributed by atoms with Crippen molar-refractivity contribution in [2.24, 2.45) is 5.92 Å². The summed E-state index contributed by atoms with van der Waals surface area (Å²) in [6.45, 7) is 0.772. The highest BCUT2D eigenvalue weighted by atomic mass is 16.5. The number of carboxylic acid groups (broad SMARTS) is 1. The average molecular weight is 390 g/mol. The Kier molecular flexibility index (Phi) is 5.65. The van der Waals surface area contributed by atoms with E-state index in [9.17, 15) is 9.90 Å². The molecule has 1 aliphatic rings. The van der Waals surface area contributed by atoms with Crippen LogP contribution in [0.3, 0.4) is 0 Å². The third-order valence-corrected chi connectivity index (χ3v) is 4.76. The Morgan fingerprint density at radius 3 is 2.66 bits per heavy atom. The fraction of sp³-hybridized carbons (Fsp3) is 0.273. The molecule has 1 aliphatic carbocycles. The Bertz CT molecular complexity index is 959. The van der Waals surface area contributed by atoms with Crippen molar-refractivity contribution in [1.29, 1.82) is 0 Å². The normalized spacial score (nSPS) is 14.2. The van der Waals surface area contributed by atoms with Gasteiger partial charge >= 0.3 is 5.97 Å². The summed E-state index contributed by atoms with van der Waals surface area (Å²) in [6.07, 6.45) is 5.84. The van der Waals surface area contributed by atoms with E-state index >= 15 is 0 Å². The highest BCUT2D eigenvalue weighted by Gasteiger charge is 2.22. The Labute approximate surface area is 168 Å². The summed E-state index contributed by atoms with van der Waals surface area (Å²) in [5, 5.41) is 12.5. The first kappa shape index (κ1) is 18.9. The monoisotopic (exact) mass is 390 g/mol. The van der Waals surface area contributed by atoms with E-state index in [1.54, 1.807) is 24.4 Å². The topological polar surface area (TPSA) is 97.2 Å². The molecule has 2 aromatic heterocycles. The van der Waals surface area contributed by atoms with Gasteiger partial charge in [0.15, 0.2) is 0 Å². The van der Waals surface area contributed by atoms with Crippen LogP contribution in [0.5, 0.6) is 5.75 Å². The largest absolute Gasteiger partial charge is 0.493 e. The number of carbonyl (C=O) groups is 1. The molecule has 0 saturated heterocycles. The smallest absolute Gasteiger partial charge is 0.326 e. The first-order chi connectivity index (χ1) is 14.2. The lowest BCUT2D eigenvalue weighted by Crippen LogP contribution is -2.32. The van der Waals surface area contributed by atoms with Gasteiger partial charge in [-0.3, -0.25) is 4.98 Å². The summed E-state index contributed by atoms with van der Waals surface area (Å²) in [7, 11) is 0. The fourth-order valence-electron chi connectivity index (χ4n) is 2.92. The van der Waals surface area contributed by atoms with Gasteiger partial charge in [-0.15, -0.1) is 0 Å². The third-order valence-electron chi connectivity index (χ3n) is 4.76. The van der Waals surface area contributed by atoms with E-state index in [1.165, 1.54) is 19.2 Å². The van der Waals surface area contributed by atoms with E-state index < -0.39 is 12.0 Å². The zero-order valence-corrected chi connectivity index (χ0v) is 15.9. The minimum absolute atomic E-state index is 0.253. The summed E-state index contributed by atoms with van der Waals surface area (Å²) < 4.78 is 5.76. The van der Waals surface area contributed by atoms with E-state index in [1.807, 2.05) is 30.3 Å². The van der Waals surface area contributed by atoms with Gasteiger partial charge in [-0.25, -0.2) is 14.8 Å². The lowest BCUT2D eigenvalue weighted by molar-refractivity contribution is -0.137. The van der Waals surface area contributed by atoms with Gasteiger partial charge in [0.05, 0.1) is 12.3 Å². The predicted octanol–water partition coefficient (Wildman–Crippen LogP) is 3.44. The van der Waals surface area contributed by atoms with Crippen LogP contribution in [-0.4, -0.2) is 38.7 Å². The number of hydrogen-bond acceptors (Lipinski definition) is 6. The summed E-state index contributed by atoms with van der Waals surface area (Å²) in [4.78, 5) is 24.3. The van der Waals surface area contributed by atoms with Crippen molar-refractivity contribution in [3.8, 4) is 17.0 Å². The molecule has 7 nitrogen and oxygen atoms in total. The van der Waals surface area contributed by atoms with Gasteiger partial charge in [0.25, 0.3) is 0 Å². The van der Waals surface area contributed by atoms with Crippen molar-refractivity contribution in [3.63, 3.8) is 0 Å². The maximum absolute atomic E-state index is 11.7. The molecule has 29 heavy (non-hydrogen) atoms. The van der Waals surface area contributed by atoms with E-state index in [4.69, 9.17) is 4.74 Å². The summed E-state index contributed by atoms with van der Waals surface area (Å²) in [5.74, 6) is 1.04. The van der Waals surface area contributed by atoms with Crippen molar-refractivity contribution in [2.45, 2.75) is 25.3 Å². The SMILES string of the molecule is O=C(O)C(Cc1ccccn1)Nc1cc(-c2ccc(OCC3CC3)cc2)ncn1. The maximum Gasteiger partial charge on any atom is 0.326 e. The molecule has 0 bridgehead atoms. The van der Waals surface area contributed by atoms with Gasteiger partial charge in [0, 0.05) is 29.9 Å². The Balaban J connectivity index is 1.44. The van der Waals surface area contributed by atoms with Crippen LogP contribution < -0.4 is 10.1 Å². The van der Waals surface area contributed by atoms with E-state index in [2.05, 4.69) is 20.3 Å². The molecule has 2 N–H and O–H groups in total. The number of ether oxygens (including phenoxy) is 1. The molecular weight excluding hydrogens is 368 g/mol. The molecule has 0 spiro atoms. The number of nitrogens with zero attached hydrogens (tertiary/aromatic N) is 3. The summed E-state index contributed by atoms with van der Waals surface area (Å²) >= 11 is 0. The number of rotatable bonds is 9. The highest BCUT2D eigenvalue weighted by molar-refractivity contribution is 5.77. The van der Waals surface area contributed by atoms with Gasteiger partial charge in [-0.1, -0.05) is 6.07 Å².